The van der Waals surface area contributed by atoms with E-state index in [0.29, 0.717) is 24.0 Å². The number of rotatable bonds is 3. The molecule has 1 fully saturated rings. The molecule has 0 radical (unpaired) electrons. The van der Waals surface area contributed by atoms with E-state index in [1.165, 1.54) is 12.3 Å². The summed E-state index contributed by atoms with van der Waals surface area (Å²) in [7, 11) is 0. The Kier molecular flexibility index (Phi) is 4.24. The van der Waals surface area contributed by atoms with Crippen LogP contribution in [0.2, 0.25) is 0 Å². The maximum Gasteiger partial charge on any atom is 0.272 e. The number of aromatic amines is 1. The van der Waals surface area contributed by atoms with E-state index in [9.17, 15) is 9.18 Å². The third kappa shape index (κ3) is 2.98. The lowest BCUT2D eigenvalue weighted by Gasteiger charge is -2.33. The number of likely N-dealkylation sites (tertiary alicyclic amines) is 1. The fourth-order valence-corrected chi connectivity index (χ4v) is 3.23. The molecule has 1 N–H and O–H groups in total. The summed E-state index contributed by atoms with van der Waals surface area (Å²) in [5.41, 5.74) is 0.687. The molecule has 1 aliphatic rings. The number of halogens is 1. The molecule has 8 heteroatoms. The standard InChI is InChI=1S/C18H18FN5O2/c1-11-20-10-14(21-11)18(25)24-9-5-4-8-15(24)17-23-22-16(26-17)12-6-2-3-7-13(12)19/h2-3,6-7,10,15H,4-5,8-9H2,1H3,(H,20,21). The lowest BCUT2D eigenvalue weighted by atomic mass is 10.0. The van der Waals surface area contributed by atoms with Crippen LogP contribution in [-0.4, -0.2) is 37.5 Å². The smallest absolute Gasteiger partial charge is 0.272 e. The number of piperidine rings is 1. The van der Waals surface area contributed by atoms with Crippen LogP contribution < -0.4 is 0 Å². The molecule has 2 aromatic heterocycles. The number of carbonyl (C=O) groups excluding carboxylic acids is 1. The van der Waals surface area contributed by atoms with Crippen molar-refractivity contribution in [3.63, 3.8) is 0 Å². The van der Waals surface area contributed by atoms with Gasteiger partial charge in [-0.15, -0.1) is 10.2 Å². The van der Waals surface area contributed by atoms with Gasteiger partial charge in [0.1, 0.15) is 23.4 Å². The van der Waals surface area contributed by atoms with Crippen molar-refractivity contribution in [3.05, 3.63) is 53.7 Å². The molecule has 1 aromatic carbocycles. The van der Waals surface area contributed by atoms with Crippen LogP contribution in [0.1, 0.15) is 47.5 Å². The van der Waals surface area contributed by atoms with Crippen molar-refractivity contribution in [2.75, 3.05) is 6.54 Å². The maximum atomic E-state index is 14.0. The molecule has 0 bridgehead atoms. The van der Waals surface area contributed by atoms with Gasteiger partial charge in [0.25, 0.3) is 11.8 Å². The molecule has 1 atom stereocenters. The lowest BCUT2D eigenvalue weighted by molar-refractivity contribution is 0.0567. The molecule has 4 rings (SSSR count). The molecule has 3 heterocycles. The summed E-state index contributed by atoms with van der Waals surface area (Å²) in [5, 5.41) is 8.06. The van der Waals surface area contributed by atoms with Crippen LogP contribution in [0.15, 0.2) is 34.9 Å². The van der Waals surface area contributed by atoms with Gasteiger partial charge in [0.05, 0.1) is 11.8 Å². The fourth-order valence-electron chi connectivity index (χ4n) is 3.23. The third-order valence-electron chi connectivity index (χ3n) is 4.53. The summed E-state index contributed by atoms with van der Waals surface area (Å²) in [6, 6.07) is 5.91. The molecule has 0 saturated carbocycles. The van der Waals surface area contributed by atoms with E-state index in [-0.39, 0.29) is 23.4 Å². The number of benzene rings is 1. The van der Waals surface area contributed by atoms with Gasteiger partial charge in [0, 0.05) is 6.54 Å². The van der Waals surface area contributed by atoms with E-state index in [4.69, 9.17) is 4.42 Å². The lowest BCUT2D eigenvalue weighted by Crippen LogP contribution is -2.38. The molecular formula is C18H18FN5O2. The highest BCUT2D eigenvalue weighted by molar-refractivity contribution is 5.92. The van der Waals surface area contributed by atoms with E-state index in [1.807, 2.05) is 0 Å². The second kappa shape index (κ2) is 6.70. The number of imidazole rings is 1. The van der Waals surface area contributed by atoms with Crippen molar-refractivity contribution in [2.24, 2.45) is 0 Å². The highest BCUT2D eigenvalue weighted by atomic mass is 19.1. The van der Waals surface area contributed by atoms with Gasteiger partial charge in [-0.05, 0) is 38.3 Å². The van der Waals surface area contributed by atoms with Crippen LogP contribution >= 0.6 is 0 Å². The number of nitrogens with one attached hydrogen (secondary N) is 1. The maximum absolute atomic E-state index is 14.0. The zero-order chi connectivity index (χ0) is 18.1. The quantitative estimate of drug-likeness (QED) is 0.779. The Hall–Kier alpha value is -3.03. The molecule has 7 nitrogen and oxygen atoms in total. The second-order valence-corrected chi connectivity index (χ2v) is 6.32. The highest BCUT2D eigenvalue weighted by Crippen LogP contribution is 2.33. The first-order valence-corrected chi connectivity index (χ1v) is 8.54. The topological polar surface area (TPSA) is 87.9 Å². The van der Waals surface area contributed by atoms with E-state index in [2.05, 4.69) is 20.2 Å². The largest absolute Gasteiger partial charge is 0.418 e. The van der Waals surface area contributed by atoms with Crippen LogP contribution in [0.25, 0.3) is 11.5 Å². The van der Waals surface area contributed by atoms with E-state index in [1.54, 1.807) is 30.0 Å². The highest BCUT2D eigenvalue weighted by Gasteiger charge is 2.33. The summed E-state index contributed by atoms with van der Waals surface area (Å²) < 4.78 is 19.7. The minimum atomic E-state index is -0.424. The summed E-state index contributed by atoms with van der Waals surface area (Å²) in [4.78, 5) is 21.6. The van der Waals surface area contributed by atoms with Crippen LogP contribution in [0, 0.1) is 12.7 Å². The number of H-pyrrole nitrogens is 1. The Balaban J connectivity index is 1.63. The molecule has 3 aromatic rings. The molecule has 1 unspecified atom stereocenters. The number of amides is 1. The summed E-state index contributed by atoms with van der Waals surface area (Å²) in [5.74, 6) is 0.552. The van der Waals surface area contributed by atoms with Crippen LogP contribution in [0.3, 0.4) is 0 Å². The Labute approximate surface area is 149 Å². The first-order valence-electron chi connectivity index (χ1n) is 8.54. The Morgan fingerprint density at radius 3 is 2.92 bits per heavy atom. The van der Waals surface area contributed by atoms with Gasteiger partial charge >= 0.3 is 0 Å². The zero-order valence-corrected chi connectivity index (χ0v) is 14.3. The molecule has 134 valence electrons. The van der Waals surface area contributed by atoms with Crippen molar-refractivity contribution in [3.8, 4) is 11.5 Å². The van der Waals surface area contributed by atoms with E-state index < -0.39 is 5.82 Å². The van der Waals surface area contributed by atoms with Crippen molar-refractivity contribution < 1.29 is 13.6 Å². The van der Waals surface area contributed by atoms with Gasteiger partial charge in [0.15, 0.2) is 0 Å². The number of carbonyl (C=O) groups is 1. The Morgan fingerprint density at radius 2 is 2.15 bits per heavy atom. The SMILES string of the molecule is Cc1ncc(C(=O)N2CCCCC2c2nnc(-c3ccccc3F)o2)[nH]1. The number of aryl methyl sites for hydroxylation is 1. The predicted molar refractivity (Wildman–Crippen MR) is 90.6 cm³/mol. The molecule has 1 amide bonds. The number of hydrogen-bond acceptors (Lipinski definition) is 5. The second-order valence-electron chi connectivity index (χ2n) is 6.32. The molecule has 26 heavy (non-hydrogen) atoms. The number of aromatic nitrogens is 4. The van der Waals surface area contributed by atoms with Crippen molar-refractivity contribution in [2.45, 2.75) is 32.2 Å². The molecule has 1 saturated heterocycles. The van der Waals surface area contributed by atoms with Crippen LogP contribution in [0.4, 0.5) is 4.39 Å². The van der Waals surface area contributed by atoms with E-state index in [0.717, 1.165) is 19.3 Å². The van der Waals surface area contributed by atoms with Gasteiger partial charge in [-0.3, -0.25) is 4.79 Å². The predicted octanol–water partition coefficient (Wildman–Crippen LogP) is 3.27. The van der Waals surface area contributed by atoms with Crippen molar-refractivity contribution >= 4 is 5.91 Å². The summed E-state index contributed by atoms with van der Waals surface area (Å²) >= 11 is 0. The van der Waals surface area contributed by atoms with Gasteiger partial charge in [-0.2, -0.15) is 0 Å². The first kappa shape index (κ1) is 16.4. The average molecular weight is 355 g/mol. The van der Waals surface area contributed by atoms with Crippen molar-refractivity contribution in [1.82, 2.24) is 25.1 Å². The molecule has 0 spiro atoms. The van der Waals surface area contributed by atoms with Crippen LogP contribution in [-0.2, 0) is 0 Å². The Morgan fingerprint density at radius 1 is 1.31 bits per heavy atom. The molecule has 1 aliphatic heterocycles. The molecule has 0 aliphatic carbocycles. The van der Waals surface area contributed by atoms with Gasteiger partial charge < -0.3 is 14.3 Å². The van der Waals surface area contributed by atoms with Crippen molar-refractivity contribution in [1.29, 1.82) is 0 Å². The average Bonchev–Trinajstić information content (AvgIpc) is 3.31. The molecular weight excluding hydrogens is 337 g/mol. The summed E-state index contributed by atoms with van der Waals surface area (Å²) in [6.07, 6.45) is 4.11. The van der Waals surface area contributed by atoms with Gasteiger partial charge in [-0.25, -0.2) is 9.37 Å². The third-order valence-corrected chi connectivity index (χ3v) is 4.53. The summed E-state index contributed by atoms with van der Waals surface area (Å²) in [6.45, 7) is 2.39. The number of hydrogen-bond donors (Lipinski definition) is 1. The monoisotopic (exact) mass is 355 g/mol. The Bertz CT molecular complexity index is 935. The first-order chi connectivity index (χ1) is 12.6. The van der Waals surface area contributed by atoms with E-state index >= 15 is 0 Å². The van der Waals surface area contributed by atoms with Crippen LogP contribution in [0.5, 0.6) is 0 Å². The van der Waals surface area contributed by atoms with Gasteiger partial charge in [-0.1, -0.05) is 12.1 Å². The zero-order valence-electron chi connectivity index (χ0n) is 14.3. The van der Waals surface area contributed by atoms with Gasteiger partial charge in [0.2, 0.25) is 5.89 Å². The minimum Gasteiger partial charge on any atom is -0.418 e. The minimum absolute atomic E-state index is 0.119. The normalized spacial score (nSPS) is 17.5. The number of nitrogens with zero attached hydrogens (tertiary/aromatic N) is 4. The fraction of sp³-hybridized carbons (Fsp3) is 0.333.